The fourth-order valence-electron chi connectivity index (χ4n) is 2.84. The summed E-state index contributed by atoms with van der Waals surface area (Å²) in [5.41, 5.74) is 0.673. The van der Waals surface area contributed by atoms with Gasteiger partial charge in [0.05, 0.1) is 32.9 Å². The average molecular weight is 446 g/mol. The summed E-state index contributed by atoms with van der Waals surface area (Å²) in [5.74, 6) is 2.62. The Labute approximate surface area is 185 Å². The smallest absolute Gasteiger partial charge is 0.246 e. The molecule has 0 atom stereocenters. The number of rotatable bonds is 10. The molecule has 8 nitrogen and oxygen atoms in total. The molecule has 0 fully saturated rings. The van der Waals surface area contributed by atoms with Gasteiger partial charge in [-0.25, -0.2) is 0 Å². The Kier molecular flexibility index (Phi) is 7.72. The summed E-state index contributed by atoms with van der Waals surface area (Å²) in [5, 5.41) is 4.66. The SMILES string of the molecule is COc1ccc(-c2noc(CN(C)C(=O)CCCOc3ccc(Cl)cc3)n2)c(OC)c1. The normalized spacial score (nSPS) is 10.6. The van der Waals surface area contributed by atoms with E-state index < -0.39 is 0 Å². The molecule has 0 bridgehead atoms. The van der Waals surface area contributed by atoms with Gasteiger partial charge in [0.1, 0.15) is 17.2 Å². The number of halogens is 1. The molecule has 1 amide bonds. The molecule has 1 aromatic heterocycles. The van der Waals surface area contributed by atoms with Crippen molar-refractivity contribution < 1.29 is 23.5 Å². The maximum Gasteiger partial charge on any atom is 0.246 e. The van der Waals surface area contributed by atoms with Crippen molar-refractivity contribution in [3.8, 4) is 28.6 Å². The minimum Gasteiger partial charge on any atom is -0.497 e. The molecule has 9 heteroatoms. The highest BCUT2D eigenvalue weighted by molar-refractivity contribution is 6.30. The fraction of sp³-hybridized carbons (Fsp3) is 0.318. The average Bonchev–Trinajstić information content (AvgIpc) is 3.25. The van der Waals surface area contributed by atoms with Crippen LogP contribution in [0.1, 0.15) is 18.7 Å². The van der Waals surface area contributed by atoms with Crippen molar-refractivity contribution in [2.75, 3.05) is 27.9 Å². The van der Waals surface area contributed by atoms with Gasteiger partial charge >= 0.3 is 0 Å². The molecule has 0 aliphatic carbocycles. The summed E-state index contributed by atoms with van der Waals surface area (Å²) in [7, 11) is 4.83. The monoisotopic (exact) mass is 445 g/mol. The molecule has 0 aliphatic heterocycles. The van der Waals surface area contributed by atoms with Gasteiger partial charge in [0.15, 0.2) is 0 Å². The van der Waals surface area contributed by atoms with Crippen LogP contribution in [0.15, 0.2) is 47.0 Å². The Morgan fingerprint density at radius 1 is 1.10 bits per heavy atom. The molecule has 0 aliphatic rings. The van der Waals surface area contributed by atoms with Gasteiger partial charge in [-0.05, 0) is 42.8 Å². The molecule has 2 aromatic carbocycles. The molecule has 0 saturated carbocycles. The summed E-state index contributed by atoms with van der Waals surface area (Å²) in [6, 6.07) is 12.4. The quantitative estimate of drug-likeness (QED) is 0.431. The predicted molar refractivity (Wildman–Crippen MR) is 115 cm³/mol. The second-order valence-corrected chi connectivity index (χ2v) is 7.17. The lowest BCUT2D eigenvalue weighted by molar-refractivity contribution is -0.131. The minimum absolute atomic E-state index is 0.0403. The first-order chi connectivity index (χ1) is 15.0. The van der Waals surface area contributed by atoms with Crippen LogP contribution in [0, 0.1) is 0 Å². The molecule has 0 N–H and O–H groups in total. The summed E-state index contributed by atoms with van der Waals surface area (Å²) >= 11 is 5.85. The number of aromatic nitrogens is 2. The van der Waals surface area contributed by atoms with Gasteiger partial charge < -0.3 is 23.6 Å². The van der Waals surface area contributed by atoms with Crippen LogP contribution < -0.4 is 14.2 Å². The number of carbonyl (C=O) groups is 1. The zero-order chi connectivity index (χ0) is 22.2. The van der Waals surface area contributed by atoms with Crippen LogP contribution in [0.2, 0.25) is 5.02 Å². The van der Waals surface area contributed by atoms with Gasteiger partial charge in [0, 0.05) is 24.6 Å². The molecular weight excluding hydrogens is 422 g/mol. The van der Waals surface area contributed by atoms with Crippen molar-refractivity contribution in [2.24, 2.45) is 0 Å². The van der Waals surface area contributed by atoms with Gasteiger partial charge in [-0.3, -0.25) is 4.79 Å². The summed E-state index contributed by atoms with van der Waals surface area (Å²) in [6.45, 7) is 0.644. The second kappa shape index (κ2) is 10.7. The van der Waals surface area contributed by atoms with Crippen molar-refractivity contribution >= 4 is 17.5 Å². The topological polar surface area (TPSA) is 86.9 Å². The molecule has 0 saturated heterocycles. The van der Waals surface area contributed by atoms with Crippen LogP contribution in [0.4, 0.5) is 0 Å². The van der Waals surface area contributed by atoms with Crippen LogP contribution in [0.25, 0.3) is 11.4 Å². The number of hydrogen-bond donors (Lipinski definition) is 0. The number of carbonyl (C=O) groups excluding carboxylic acids is 1. The van der Waals surface area contributed by atoms with E-state index >= 15 is 0 Å². The van der Waals surface area contributed by atoms with Gasteiger partial charge in [-0.1, -0.05) is 16.8 Å². The van der Waals surface area contributed by atoms with Crippen molar-refractivity contribution in [1.29, 1.82) is 0 Å². The van der Waals surface area contributed by atoms with E-state index in [4.69, 9.17) is 30.3 Å². The first-order valence-corrected chi connectivity index (χ1v) is 10.0. The van der Waals surface area contributed by atoms with Crippen molar-refractivity contribution in [3.05, 3.63) is 53.4 Å². The molecule has 3 rings (SSSR count). The van der Waals surface area contributed by atoms with Gasteiger partial charge in [-0.15, -0.1) is 0 Å². The Morgan fingerprint density at radius 3 is 2.55 bits per heavy atom. The summed E-state index contributed by atoms with van der Waals surface area (Å²) < 4.78 is 21.5. The van der Waals surface area contributed by atoms with Crippen molar-refractivity contribution in [3.63, 3.8) is 0 Å². The summed E-state index contributed by atoms with van der Waals surface area (Å²) in [4.78, 5) is 18.3. The minimum atomic E-state index is -0.0403. The van der Waals surface area contributed by atoms with E-state index in [0.717, 1.165) is 5.75 Å². The van der Waals surface area contributed by atoms with Crippen molar-refractivity contribution in [1.82, 2.24) is 15.0 Å². The number of amides is 1. The van der Waals surface area contributed by atoms with E-state index in [9.17, 15) is 4.79 Å². The van der Waals surface area contributed by atoms with E-state index in [1.54, 1.807) is 68.6 Å². The molecule has 0 spiro atoms. The van der Waals surface area contributed by atoms with Crippen LogP contribution in [-0.2, 0) is 11.3 Å². The van der Waals surface area contributed by atoms with Gasteiger partial charge in [0.25, 0.3) is 0 Å². The first-order valence-electron chi connectivity index (χ1n) is 9.67. The Bertz CT molecular complexity index is 1010. The predicted octanol–water partition coefficient (Wildman–Crippen LogP) is 4.22. The van der Waals surface area contributed by atoms with Crippen molar-refractivity contribution in [2.45, 2.75) is 19.4 Å². The van der Waals surface area contributed by atoms with E-state index in [1.165, 1.54) is 0 Å². The van der Waals surface area contributed by atoms with Gasteiger partial charge in [0.2, 0.25) is 17.6 Å². The first kappa shape index (κ1) is 22.4. The molecule has 31 heavy (non-hydrogen) atoms. The van der Waals surface area contributed by atoms with E-state index in [1.807, 2.05) is 0 Å². The fourth-order valence-corrected chi connectivity index (χ4v) is 2.96. The molecule has 164 valence electrons. The number of ether oxygens (including phenoxy) is 3. The number of hydrogen-bond acceptors (Lipinski definition) is 7. The number of nitrogens with zero attached hydrogens (tertiary/aromatic N) is 3. The maximum atomic E-state index is 12.4. The zero-order valence-corrected chi connectivity index (χ0v) is 18.4. The van der Waals surface area contributed by atoms with E-state index in [2.05, 4.69) is 10.1 Å². The second-order valence-electron chi connectivity index (χ2n) is 6.73. The number of methoxy groups -OCH3 is 2. The Morgan fingerprint density at radius 2 is 1.84 bits per heavy atom. The van der Waals surface area contributed by atoms with Crippen LogP contribution in [-0.4, -0.2) is 48.8 Å². The highest BCUT2D eigenvalue weighted by atomic mass is 35.5. The van der Waals surface area contributed by atoms with Gasteiger partial charge in [-0.2, -0.15) is 4.98 Å². The lowest BCUT2D eigenvalue weighted by Gasteiger charge is -2.14. The highest BCUT2D eigenvalue weighted by Gasteiger charge is 2.17. The van der Waals surface area contributed by atoms with Crippen LogP contribution in [0.3, 0.4) is 0 Å². The zero-order valence-electron chi connectivity index (χ0n) is 17.6. The Balaban J connectivity index is 1.50. The lowest BCUT2D eigenvalue weighted by atomic mass is 10.2. The molecule has 3 aromatic rings. The number of benzene rings is 2. The highest BCUT2D eigenvalue weighted by Crippen LogP contribution is 2.31. The third kappa shape index (κ3) is 6.11. The maximum absolute atomic E-state index is 12.4. The van der Waals surface area contributed by atoms with Crippen LogP contribution in [0.5, 0.6) is 17.2 Å². The third-order valence-corrected chi connectivity index (χ3v) is 4.79. The molecule has 0 radical (unpaired) electrons. The lowest BCUT2D eigenvalue weighted by Crippen LogP contribution is -2.26. The molecule has 1 heterocycles. The van der Waals surface area contributed by atoms with E-state index in [-0.39, 0.29) is 12.5 Å². The molecule has 0 unspecified atom stereocenters. The Hall–Kier alpha value is -3.26. The molecular formula is C22H24ClN3O5. The third-order valence-electron chi connectivity index (χ3n) is 4.53. The standard InChI is InChI=1S/C22H24ClN3O5/c1-26(21(27)5-4-12-30-16-8-6-15(23)7-9-16)14-20-24-22(25-31-20)18-11-10-17(28-2)13-19(18)29-3/h6-11,13H,4-5,12,14H2,1-3H3. The van der Waals surface area contributed by atoms with E-state index in [0.29, 0.717) is 53.2 Å². The summed E-state index contributed by atoms with van der Waals surface area (Å²) in [6.07, 6.45) is 0.932. The van der Waals surface area contributed by atoms with Crippen LogP contribution >= 0.6 is 11.6 Å². The largest absolute Gasteiger partial charge is 0.497 e.